The third kappa shape index (κ3) is 7.05. The summed E-state index contributed by atoms with van der Waals surface area (Å²) in [7, 11) is 0. The van der Waals surface area contributed by atoms with Crippen LogP contribution in [0, 0.1) is 3.57 Å². The van der Waals surface area contributed by atoms with Crippen molar-refractivity contribution < 1.29 is 23.8 Å². The average molecular weight is 572 g/mol. The number of nitrogens with one attached hydrogen (secondary N) is 1. The number of amides is 1. The van der Waals surface area contributed by atoms with Crippen molar-refractivity contribution in [1.29, 1.82) is 0 Å². The topological polar surface area (TPSA) is 86.2 Å². The summed E-state index contributed by atoms with van der Waals surface area (Å²) in [6.07, 6.45) is 2.40. The second-order valence-corrected chi connectivity index (χ2v) is 8.24. The summed E-state index contributed by atoms with van der Waals surface area (Å²) in [5.41, 5.74) is 4.13. The summed E-state index contributed by atoms with van der Waals surface area (Å²) < 4.78 is 17.6. The quantitative estimate of drug-likeness (QED) is 0.115. The minimum Gasteiger partial charge on any atom is -0.494 e. The van der Waals surface area contributed by atoms with Crippen molar-refractivity contribution in [2.45, 2.75) is 20.3 Å². The van der Waals surface area contributed by atoms with E-state index >= 15 is 0 Å². The van der Waals surface area contributed by atoms with E-state index in [0.717, 1.165) is 9.99 Å². The Morgan fingerprint density at radius 1 is 0.971 bits per heavy atom. The number of benzene rings is 3. The normalized spacial score (nSPS) is 10.7. The third-order valence-electron chi connectivity index (χ3n) is 4.53. The molecule has 0 fully saturated rings. The summed E-state index contributed by atoms with van der Waals surface area (Å²) in [6.45, 7) is 4.87. The molecule has 8 heteroatoms. The summed E-state index contributed by atoms with van der Waals surface area (Å²) in [6, 6.07) is 19.1. The molecule has 0 aliphatic heterocycles. The number of nitrogens with zero attached hydrogens (tertiary/aromatic N) is 1. The van der Waals surface area contributed by atoms with Crippen molar-refractivity contribution in [3.05, 3.63) is 87.0 Å². The van der Waals surface area contributed by atoms with Gasteiger partial charge < -0.3 is 14.2 Å². The number of hydrogen-bond donors (Lipinski definition) is 1. The Bertz CT molecular complexity index is 1160. The van der Waals surface area contributed by atoms with Gasteiger partial charge >= 0.3 is 5.97 Å². The molecule has 3 rings (SSSR count). The van der Waals surface area contributed by atoms with E-state index in [-0.39, 0.29) is 11.7 Å². The number of ether oxygens (including phenoxy) is 3. The van der Waals surface area contributed by atoms with Crippen LogP contribution < -0.4 is 19.6 Å². The van der Waals surface area contributed by atoms with Crippen molar-refractivity contribution >= 4 is 40.7 Å². The molecule has 3 aromatic rings. The first-order chi connectivity index (χ1) is 16.5. The van der Waals surface area contributed by atoms with Gasteiger partial charge in [-0.3, -0.25) is 4.79 Å². The predicted molar refractivity (Wildman–Crippen MR) is 139 cm³/mol. The zero-order chi connectivity index (χ0) is 24.3. The van der Waals surface area contributed by atoms with Crippen molar-refractivity contribution in [3.63, 3.8) is 0 Å². The standard InChI is InChI=1S/C26H25IN2O5/c1-3-15-33-20-12-10-19(11-13-20)26(31)34-23-14-9-18(16-24(23)32-4-2)17-28-29-25(30)21-7-5-6-8-22(21)27/h5-14,16-17H,3-4,15H2,1-2H3,(H,29,30)/b28-17+. The summed E-state index contributed by atoms with van der Waals surface area (Å²) in [5, 5.41) is 4.02. The first-order valence-corrected chi connectivity index (χ1v) is 11.9. The van der Waals surface area contributed by atoms with Gasteiger partial charge in [-0.25, -0.2) is 10.2 Å². The molecular weight excluding hydrogens is 547 g/mol. The van der Waals surface area contributed by atoms with Crippen molar-refractivity contribution in [2.24, 2.45) is 5.10 Å². The SMILES string of the molecule is CCCOc1ccc(C(=O)Oc2ccc(/C=N/NC(=O)c3ccccc3I)cc2OCC)cc1. The number of hydrogen-bond acceptors (Lipinski definition) is 6. The summed E-state index contributed by atoms with van der Waals surface area (Å²) in [4.78, 5) is 24.9. The molecule has 1 N–H and O–H groups in total. The van der Waals surface area contributed by atoms with Crippen molar-refractivity contribution in [1.82, 2.24) is 5.43 Å². The number of hydrazone groups is 1. The van der Waals surface area contributed by atoms with Crippen LogP contribution in [-0.4, -0.2) is 31.3 Å². The highest BCUT2D eigenvalue weighted by atomic mass is 127. The Balaban J connectivity index is 1.67. The van der Waals surface area contributed by atoms with E-state index in [0.29, 0.717) is 41.4 Å². The van der Waals surface area contributed by atoms with Gasteiger partial charge in [0.25, 0.3) is 5.91 Å². The number of carbonyl (C=O) groups excluding carboxylic acids is 2. The minimum atomic E-state index is -0.505. The van der Waals surface area contributed by atoms with Gasteiger partial charge in [0.2, 0.25) is 0 Å². The van der Waals surface area contributed by atoms with Crippen LogP contribution in [0.15, 0.2) is 71.8 Å². The van der Waals surface area contributed by atoms with E-state index in [1.807, 2.05) is 26.0 Å². The van der Waals surface area contributed by atoms with E-state index < -0.39 is 5.97 Å². The molecule has 0 atom stereocenters. The molecule has 7 nitrogen and oxygen atoms in total. The van der Waals surface area contributed by atoms with Gasteiger partial charge in [-0.15, -0.1) is 0 Å². The van der Waals surface area contributed by atoms with Crippen LogP contribution >= 0.6 is 22.6 Å². The van der Waals surface area contributed by atoms with Crippen LogP contribution in [0.5, 0.6) is 17.2 Å². The van der Waals surface area contributed by atoms with Crippen LogP contribution in [0.2, 0.25) is 0 Å². The Morgan fingerprint density at radius 2 is 1.74 bits per heavy atom. The van der Waals surface area contributed by atoms with Gasteiger partial charge in [-0.2, -0.15) is 5.10 Å². The van der Waals surface area contributed by atoms with E-state index in [2.05, 4.69) is 33.1 Å². The second kappa shape index (κ2) is 12.7. The molecule has 0 aliphatic rings. The maximum Gasteiger partial charge on any atom is 0.343 e. The van der Waals surface area contributed by atoms with Gasteiger partial charge in [0.15, 0.2) is 11.5 Å². The summed E-state index contributed by atoms with van der Waals surface area (Å²) >= 11 is 2.10. The highest BCUT2D eigenvalue weighted by Crippen LogP contribution is 2.29. The lowest BCUT2D eigenvalue weighted by Gasteiger charge is -2.12. The molecule has 0 saturated carbocycles. The van der Waals surface area contributed by atoms with E-state index in [9.17, 15) is 9.59 Å². The Kier molecular flexibility index (Phi) is 9.45. The van der Waals surface area contributed by atoms with E-state index in [4.69, 9.17) is 14.2 Å². The third-order valence-corrected chi connectivity index (χ3v) is 5.47. The second-order valence-electron chi connectivity index (χ2n) is 7.08. The fraction of sp³-hybridized carbons (Fsp3) is 0.192. The van der Waals surface area contributed by atoms with Crippen LogP contribution in [0.1, 0.15) is 46.5 Å². The maximum absolute atomic E-state index is 12.6. The molecule has 0 unspecified atom stereocenters. The van der Waals surface area contributed by atoms with Crippen LogP contribution in [-0.2, 0) is 0 Å². The number of halogens is 1. The molecule has 1 amide bonds. The molecule has 3 aromatic carbocycles. The van der Waals surface area contributed by atoms with Gasteiger partial charge in [0, 0.05) is 3.57 Å². The highest BCUT2D eigenvalue weighted by molar-refractivity contribution is 14.1. The van der Waals surface area contributed by atoms with Crippen LogP contribution in [0.3, 0.4) is 0 Å². The fourth-order valence-corrected chi connectivity index (χ4v) is 3.53. The predicted octanol–water partition coefficient (Wildman–Crippen LogP) is 5.46. The minimum absolute atomic E-state index is 0.290. The Morgan fingerprint density at radius 3 is 2.44 bits per heavy atom. The molecule has 176 valence electrons. The van der Waals surface area contributed by atoms with Crippen LogP contribution in [0.4, 0.5) is 0 Å². The summed E-state index contributed by atoms with van der Waals surface area (Å²) in [5.74, 6) is 0.577. The van der Waals surface area contributed by atoms with Crippen LogP contribution in [0.25, 0.3) is 0 Å². The lowest BCUT2D eigenvalue weighted by Crippen LogP contribution is -2.18. The zero-order valence-corrected chi connectivity index (χ0v) is 21.1. The maximum atomic E-state index is 12.6. The monoisotopic (exact) mass is 572 g/mol. The number of rotatable bonds is 10. The number of carbonyl (C=O) groups is 2. The zero-order valence-electron chi connectivity index (χ0n) is 18.9. The molecule has 0 heterocycles. The molecule has 34 heavy (non-hydrogen) atoms. The van der Waals surface area contributed by atoms with E-state index in [1.54, 1.807) is 54.6 Å². The van der Waals surface area contributed by atoms with Gasteiger partial charge in [0.1, 0.15) is 5.75 Å². The largest absolute Gasteiger partial charge is 0.494 e. The molecule has 0 spiro atoms. The van der Waals surface area contributed by atoms with Gasteiger partial charge in [0.05, 0.1) is 30.6 Å². The Hall–Kier alpha value is -3.40. The molecular formula is C26H25IN2O5. The van der Waals surface area contributed by atoms with Gasteiger partial charge in [-0.1, -0.05) is 19.1 Å². The number of esters is 1. The Labute approximate surface area is 212 Å². The van der Waals surface area contributed by atoms with Crippen molar-refractivity contribution in [3.8, 4) is 17.2 Å². The fourth-order valence-electron chi connectivity index (χ4n) is 2.89. The first kappa shape index (κ1) is 25.2. The lowest BCUT2D eigenvalue weighted by molar-refractivity contribution is 0.0728. The average Bonchev–Trinajstić information content (AvgIpc) is 2.85. The lowest BCUT2D eigenvalue weighted by atomic mass is 10.2. The molecule has 0 saturated heterocycles. The highest BCUT2D eigenvalue weighted by Gasteiger charge is 2.14. The van der Waals surface area contributed by atoms with Gasteiger partial charge in [-0.05, 0) is 96.1 Å². The smallest absolute Gasteiger partial charge is 0.343 e. The molecule has 0 bridgehead atoms. The molecule has 0 aliphatic carbocycles. The van der Waals surface area contributed by atoms with E-state index in [1.165, 1.54) is 6.21 Å². The molecule has 0 aromatic heterocycles. The van der Waals surface area contributed by atoms with Crippen molar-refractivity contribution in [2.75, 3.05) is 13.2 Å². The first-order valence-electron chi connectivity index (χ1n) is 10.8. The molecule has 0 radical (unpaired) electrons.